The molecule has 0 unspecified atom stereocenters. The summed E-state index contributed by atoms with van der Waals surface area (Å²) in [7, 11) is 0. The van der Waals surface area contributed by atoms with Gasteiger partial charge >= 0.3 is 0 Å². The number of hydrogen-bond acceptors (Lipinski definition) is 2. The maximum atomic E-state index is 5.51. The third-order valence-electron chi connectivity index (χ3n) is 10.5. The van der Waals surface area contributed by atoms with Gasteiger partial charge < -0.3 is 0 Å². The number of nitrogens with zero attached hydrogens (tertiary/aromatic N) is 3. The lowest BCUT2D eigenvalue weighted by Crippen LogP contribution is -2.04. The van der Waals surface area contributed by atoms with E-state index in [1.54, 1.807) is 0 Å². The molecule has 0 saturated heterocycles. The predicted octanol–water partition coefficient (Wildman–Crippen LogP) is 12.6. The molecular formula is C48H29N3. The summed E-state index contributed by atoms with van der Waals surface area (Å²) in [6.07, 6.45) is 0. The van der Waals surface area contributed by atoms with E-state index in [1.165, 1.54) is 43.1 Å². The SMILES string of the molecule is c1ccc(-c2cc(-c3ccccc3)cc(-c3nc4ccccc4nc3-n3c4cccc5c6ccccc6c6c7ccccc7cc3c6c54)c2)cc1. The highest BCUT2D eigenvalue weighted by Gasteiger charge is 2.25. The lowest BCUT2D eigenvalue weighted by atomic mass is 9.91. The number of para-hydroxylation sites is 2. The van der Waals surface area contributed by atoms with Crippen LogP contribution in [0, 0.1) is 0 Å². The van der Waals surface area contributed by atoms with E-state index in [-0.39, 0.29) is 0 Å². The van der Waals surface area contributed by atoms with Crippen molar-refractivity contribution in [3.63, 3.8) is 0 Å². The predicted molar refractivity (Wildman–Crippen MR) is 214 cm³/mol. The van der Waals surface area contributed by atoms with Crippen molar-refractivity contribution in [2.24, 2.45) is 0 Å². The minimum atomic E-state index is 0.822. The lowest BCUT2D eigenvalue weighted by molar-refractivity contribution is 1.08. The first kappa shape index (κ1) is 28.0. The molecule has 0 spiro atoms. The molecule has 0 aliphatic carbocycles. The summed E-state index contributed by atoms with van der Waals surface area (Å²) < 4.78 is 2.38. The molecule has 9 aromatic carbocycles. The van der Waals surface area contributed by atoms with Crippen LogP contribution in [0.25, 0.3) is 104 Å². The second-order valence-corrected chi connectivity index (χ2v) is 13.4. The van der Waals surface area contributed by atoms with Crippen LogP contribution >= 0.6 is 0 Å². The van der Waals surface area contributed by atoms with Gasteiger partial charge in [-0.15, -0.1) is 0 Å². The van der Waals surface area contributed by atoms with E-state index in [1.807, 2.05) is 12.1 Å². The molecule has 11 rings (SSSR count). The highest BCUT2D eigenvalue weighted by molar-refractivity contribution is 6.39. The van der Waals surface area contributed by atoms with Gasteiger partial charge in [0, 0.05) is 21.7 Å². The maximum Gasteiger partial charge on any atom is 0.165 e. The average Bonchev–Trinajstić information content (AvgIpc) is 3.54. The lowest BCUT2D eigenvalue weighted by Gasteiger charge is -2.16. The molecule has 0 amide bonds. The van der Waals surface area contributed by atoms with Crippen molar-refractivity contribution in [3.05, 3.63) is 176 Å². The van der Waals surface area contributed by atoms with E-state index < -0.39 is 0 Å². The molecule has 0 aliphatic heterocycles. The molecule has 2 heterocycles. The number of fused-ring (bicyclic) bond motifs is 6. The molecule has 236 valence electrons. The second kappa shape index (κ2) is 10.8. The Balaban J connectivity index is 1.31. The number of aromatic nitrogens is 3. The third kappa shape index (κ3) is 4.19. The monoisotopic (exact) mass is 647 g/mol. The van der Waals surface area contributed by atoms with Gasteiger partial charge in [0.1, 0.15) is 5.69 Å². The molecule has 0 saturated carbocycles. The molecule has 0 aliphatic rings. The summed E-state index contributed by atoms with van der Waals surface area (Å²) >= 11 is 0. The molecule has 3 nitrogen and oxygen atoms in total. The molecule has 0 radical (unpaired) electrons. The quantitative estimate of drug-likeness (QED) is 0.178. The Hall–Kier alpha value is -6.84. The Labute approximate surface area is 294 Å². The van der Waals surface area contributed by atoms with Crippen molar-refractivity contribution >= 4 is 65.2 Å². The van der Waals surface area contributed by atoms with Crippen LogP contribution in [0.2, 0.25) is 0 Å². The molecule has 3 heteroatoms. The smallest absolute Gasteiger partial charge is 0.165 e. The van der Waals surface area contributed by atoms with Crippen LogP contribution in [0.5, 0.6) is 0 Å². The van der Waals surface area contributed by atoms with Gasteiger partial charge in [0.25, 0.3) is 0 Å². The summed E-state index contributed by atoms with van der Waals surface area (Å²) in [6, 6.07) is 63.0. The fraction of sp³-hybridized carbons (Fsp3) is 0. The van der Waals surface area contributed by atoms with Gasteiger partial charge in [0.15, 0.2) is 5.82 Å². The van der Waals surface area contributed by atoms with E-state index in [0.717, 1.165) is 61.4 Å². The molecule has 0 bridgehead atoms. The van der Waals surface area contributed by atoms with Crippen LogP contribution in [0.1, 0.15) is 0 Å². The maximum absolute atomic E-state index is 5.51. The van der Waals surface area contributed by atoms with Gasteiger partial charge in [0.05, 0.1) is 22.1 Å². The van der Waals surface area contributed by atoms with E-state index >= 15 is 0 Å². The standard InChI is InChI=1S/C48H29N3/c1-3-14-30(15-4-1)33-26-34(31-16-5-2-6-17-31)28-35(27-33)47-48(50-41-24-12-11-23-40(41)49-47)51-42-25-13-22-39-37-20-9-10-21-38(37)44-36-19-8-7-18-32(36)29-43(51)46(44)45(39)42/h1-29H. The van der Waals surface area contributed by atoms with Crippen molar-refractivity contribution in [2.45, 2.75) is 0 Å². The van der Waals surface area contributed by atoms with Crippen LogP contribution in [0.3, 0.4) is 0 Å². The topological polar surface area (TPSA) is 30.7 Å². The van der Waals surface area contributed by atoms with Crippen molar-refractivity contribution < 1.29 is 0 Å². The summed E-state index contributed by atoms with van der Waals surface area (Å²) in [5.74, 6) is 0.822. The fourth-order valence-corrected chi connectivity index (χ4v) is 8.25. The van der Waals surface area contributed by atoms with Crippen molar-refractivity contribution in [2.75, 3.05) is 0 Å². The Morgan fingerprint density at radius 1 is 0.333 bits per heavy atom. The van der Waals surface area contributed by atoms with Crippen LogP contribution in [0.4, 0.5) is 0 Å². The Bertz CT molecular complexity index is 3060. The van der Waals surface area contributed by atoms with E-state index in [2.05, 4.69) is 168 Å². The first-order valence-corrected chi connectivity index (χ1v) is 17.4. The van der Waals surface area contributed by atoms with Crippen LogP contribution in [-0.2, 0) is 0 Å². The molecule has 0 N–H and O–H groups in total. The minimum Gasteiger partial charge on any atom is -0.292 e. The summed E-state index contributed by atoms with van der Waals surface area (Å²) in [5.41, 5.74) is 10.5. The van der Waals surface area contributed by atoms with Crippen LogP contribution in [-0.4, -0.2) is 14.5 Å². The molecular weight excluding hydrogens is 619 g/mol. The number of hydrogen-bond donors (Lipinski definition) is 0. The normalized spacial score (nSPS) is 11.9. The van der Waals surface area contributed by atoms with Crippen LogP contribution < -0.4 is 0 Å². The number of rotatable bonds is 4. The summed E-state index contributed by atoms with van der Waals surface area (Å²) in [5, 5.41) is 10.1. The van der Waals surface area contributed by atoms with Gasteiger partial charge in [-0.2, -0.15) is 0 Å². The van der Waals surface area contributed by atoms with Crippen molar-refractivity contribution in [3.8, 4) is 39.3 Å². The van der Waals surface area contributed by atoms with Crippen LogP contribution in [0.15, 0.2) is 176 Å². The zero-order chi connectivity index (χ0) is 33.5. The van der Waals surface area contributed by atoms with Gasteiger partial charge in [-0.25, -0.2) is 9.97 Å². The molecule has 0 atom stereocenters. The van der Waals surface area contributed by atoms with Gasteiger partial charge in [-0.3, -0.25) is 4.57 Å². The Morgan fingerprint density at radius 2 is 0.882 bits per heavy atom. The van der Waals surface area contributed by atoms with Crippen molar-refractivity contribution in [1.82, 2.24) is 14.5 Å². The zero-order valence-electron chi connectivity index (χ0n) is 27.6. The highest BCUT2D eigenvalue weighted by atomic mass is 15.1. The average molecular weight is 648 g/mol. The van der Waals surface area contributed by atoms with E-state index in [0.29, 0.717) is 0 Å². The molecule has 11 aromatic rings. The highest BCUT2D eigenvalue weighted by Crippen LogP contribution is 2.47. The second-order valence-electron chi connectivity index (χ2n) is 13.4. The Kier molecular flexibility index (Phi) is 5.96. The third-order valence-corrected chi connectivity index (χ3v) is 10.5. The zero-order valence-corrected chi connectivity index (χ0v) is 27.6. The Morgan fingerprint density at radius 3 is 1.61 bits per heavy atom. The van der Waals surface area contributed by atoms with E-state index in [9.17, 15) is 0 Å². The van der Waals surface area contributed by atoms with Gasteiger partial charge in [-0.05, 0) is 91.6 Å². The minimum absolute atomic E-state index is 0.822. The first-order valence-electron chi connectivity index (χ1n) is 17.4. The summed E-state index contributed by atoms with van der Waals surface area (Å²) in [6.45, 7) is 0. The number of benzene rings is 9. The van der Waals surface area contributed by atoms with Gasteiger partial charge in [-0.1, -0.05) is 133 Å². The van der Waals surface area contributed by atoms with Crippen molar-refractivity contribution in [1.29, 1.82) is 0 Å². The first-order chi connectivity index (χ1) is 25.3. The molecule has 0 fully saturated rings. The molecule has 2 aromatic heterocycles. The summed E-state index contributed by atoms with van der Waals surface area (Å²) in [4.78, 5) is 11.0. The van der Waals surface area contributed by atoms with Gasteiger partial charge in [0.2, 0.25) is 0 Å². The van der Waals surface area contributed by atoms with E-state index in [4.69, 9.17) is 9.97 Å². The molecule has 51 heavy (non-hydrogen) atoms. The largest absolute Gasteiger partial charge is 0.292 e. The fourth-order valence-electron chi connectivity index (χ4n) is 8.25.